The van der Waals surface area contributed by atoms with Crippen LogP contribution < -0.4 is 0 Å². The minimum Gasteiger partial charge on any atom is -0.269 e. The average molecular weight is 105 g/mol. The molecule has 0 radical (unpaired) electrons. The Bertz CT molecular complexity index is 18.3. The van der Waals surface area contributed by atoms with Gasteiger partial charge >= 0.3 is 0 Å². The summed E-state index contributed by atoms with van der Waals surface area (Å²) >= 11 is 0. The monoisotopic (exact) mass is 105 g/mol. The van der Waals surface area contributed by atoms with Crippen LogP contribution in [0.25, 0.3) is 0 Å². The Morgan fingerprint density at radius 2 is 1.17 bits per heavy atom. The molecule has 0 saturated heterocycles. The molecule has 0 aromatic rings. The van der Waals surface area contributed by atoms with Crippen molar-refractivity contribution in [2.24, 2.45) is 5.18 Å². The first kappa shape index (κ1) is 53.8. The zero-order valence-electron chi connectivity index (χ0n) is 3.08. The van der Waals surface area contributed by atoms with Gasteiger partial charge in [-0.05, 0) is 0 Å². The second kappa shape index (κ2) is 332. The van der Waals surface area contributed by atoms with Crippen molar-refractivity contribution in [2.45, 2.75) is 0 Å². The maximum Gasteiger partial charge on any atom is 0.0700 e. The van der Waals surface area contributed by atoms with Gasteiger partial charge in [0.1, 0.15) is 0 Å². The fourth-order valence-electron chi connectivity index (χ4n) is 0. The van der Waals surface area contributed by atoms with Gasteiger partial charge in [0, 0.05) is 0 Å². The molecule has 0 N–H and O–H groups in total. The quantitative estimate of drug-likeness (QED) is 0.420. The summed E-state index contributed by atoms with van der Waals surface area (Å²) in [5.41, 5.74) is 0. The summed E-state index contributed by atoms with van der Waals surface area (Å²) in [7, 11) is 1.19. The molecule has 0 aromatic carbocycles. The molecule has 0 heterocycles. The predicted octanol–water partition coefficient (Wildman–Crippen LogP) is 0.840. The zero-order valence-corrected chi connectivity index (χ0v) is 3.08. The standard InChI is InChI=1S/CH3NO.3FH/c1-2-3;;;/h1H3;3*1H. The molecule has 42 valence electrons. The van der Waals surface area contributed by atoms with Gasteiger partial charge in [0.05, 0.1) is 7.05 Å². The van der Waals surface area contributed by atoms with Crippen LogP contribution in [0.5, 0.6) is 0 Å². The highest BCUT2D eigenvalue weighted by molar-refractivity contribution is 4.01. The summed E-state index contributed by atoms with van der Waals surface area (Å²) in [5.74, 6) is 0. The van der Waals surface area contributed by atoms with Gasteiger partial charge in [-0.15, -0.1) is 0 Å². The smallest absolute Gasteiger partial charge is 0.0700 e. The Kier molecular flexibility index (Phi) is 2970. The fraction of sp³-hybridized carbons (Fsp3) is 1.00. The molecule has 0 aromatic heterocycles. The minimum atomic E-state index is 0. The maximum atomic E-state index is 8.56. The van der Waals surface area contributed by atoms with E-state index in [1.807, 2.05) is 0 Å². The van der Waals surface area contributed by atoms with Crippen LogP contribution in [-0.2, 0) is 0 Å². The van der Waals surface area contributed by atoms with Gasteiger partial charge in [0.15, 0.2) is 0 Å². The van der Waals surface area contributed by atoms with Gasteiger partial charge in [-0.1, -0.05) is 5.18 Å². The van der Waals surface area contributed by atoms with Gasteiger partial charge in [-0.2, -0.15) is 4.91 Å². The lowest BCUT2D eigenvalue weighted by atomic mass is 11.6. The number of nitrogens with zero attached hydrogens (tertiary/aromatic N) is 1. The van der Waals surface area contributed by atoms with E-state index in [0.717, 1.165) is 0 Å². The first-order chi connectivity index (χ1) is 1.41. The Hall–Kier alpha value is -0.610. The molecule has 0 aliphatic heterocycles. The molecular weight excluding hydrogens is 99.0 g/mol. The summed E-state index contributed by atoms with van der Waals surface area (Å²) in [6.07, 6.45) is 0. The van der Waals surface area contributed by atoms with E-state index in [2.05, 4.69) is 5.18 Å². The van der Waals surface area contributed by atoms with Crippen LogP contribution >= 0.6 is 0 Å². The number of hydrogen-bond donors (Lipinski definition) is 0. The van der Waals surface area contributed by atoms with Crippen LogP contribution in [0.2, 0.25) is 0 Å². The zero-order chi connectivity index (χ0) is 2.71. The lowest BCUT2D eigenvalue weighted by molar-refractivity contribution is 1.11. The largest absolute Gasteiger partial charge is 0.269 e. The Balaban J connectivity index is -0.00000000667. The van der Waals surface area contributed by atoms with Crippen molar-refractivity contribution in [1.29, 1.82) is 0 Å². The summed E-state index contributed by atoms with van der Waals surface area (Å²) in [5, 5.41) is 2.25. The van der Waals surface area contributed by atoms with E-state index in [9.17, 15) is 0 Å². The molecule has 0 spiro atoms. The lowest BCUT2D eigenvalue weighted by Gasteiger charge is -1.27. The molecule has 0 atom stereocenters. The summed E-state index contributed by atoms with van der Waals surface area (Å²) in [6.45, 7) is 0. The molecule has 0 saturated carbocycles. The SMILES string of the molecule is CN=O.F.F.F. The van der Waals surface area contributed by atoms with E-state index in [4.69, 9.17) is 4.91 Å². The van der Waals surface area contributed by atoms with Gasteiger partial charge in [0.25, 0.3) is 0 Å². The molecule has 0 rings (SSSR count). The van der Waals surface area contributed by atoms with Gasteiger partial charge in [-0.25, -0.2) is 0 Å². The predicted molar refractivity (Wildman–Crippen MR) is 19.2 cm³/mol. The van der Waals surface area contributed by atoms with E-state index in [-0.39, 0.29) is 14.1 Å². The van der Waals surface area contributed by atoms with Crippen LogP contribution in [0.4, 0.5) is 14.1 Å². The van der Waals surface area contributed by atoms with Crippen LogP contribution in [0.3, 0.4) is 0 Å². The average Bonchev–Trinajstić information content (AvgIpc) is 0.918. The molecule has 0 aliphatic rings. The van der Waals surface area contributed by atoms with E-state index < -0.39 is 0 Å². The van der Waals surface area contributed by atoms with Crippen molar-refractivity contribution >= 4 is 0 Å². The van der Waals surface area contributed by atoms with Crippen LogP contribution in [0.15, 0.2) is 5.18 Å². The van der Waals surface area contributed by atoms with Crippen molar-refractivity contribution < 1.29 is 14.1 Å². The second-order valence-corrected chi connectivity index (χ2v) is 0.183. The Morgan fingerprint density at radius 1 is 1.17 bits per heavy atom. The Labute approximate surface area is 32.6 Å². The van der Waals surface area contributed by atoms with Crippen LogP contribution in [0, 0.1) is 4.91 Å². The molecule has 0 amide bonds. The van der Waals surface area contributed by atoms with Crippen molar-refractivity contribution in [3.05, 3.63) is 4.91 Å². The summed E-state index contributed by atoms with van der Waals surface area (Å²) in [4.78, 5) is 8.56. The second-order valence-electron chi connectivity index (χ2n) is 0.183. The van der Waals surface area contributed by atoms with Crippen LogP contribution in [0.1, 0.15) is 0 Å². The maximum absolute atomic E-state index is 8.56. The highest BCUT2D eigenvalue weighted by Gasteiger charge is 1.19. The van der Waals surface area contributed by atoms with E-state index >= 15 is 0 Å². The van der Waals surface area contributed by atoms with Gasteiger partial charge in [-0.3, -0.25) is 14.1 Å². The molecule has 0 unspecified atom stereocenters. The summed E-state index contributed by atoms with van der Waals surface area (Å²) < 4.78 is 0. The van der Waals surface area contributed by atoms with Crippen molar-refractivity contribution in [3.63, 3.8) is 0 Å². The van der Waals surface area contributed by atoms with E-state index in [0.29, 0.717) is 0 Å². The first-order valence-electron chi connectivity index (χ1n) is 0.630. The number of halogens is 3. The molecular formula is CH6F3NO. The lowest BCUT2D eigenvalue weighted by Crippen LogP contribution is -1.21. The molecule has 5 heteroatoms. The normalized spacial score (nSPS) is 2.17. The summed E-state index contributed by atoms with van der Waals surface area (Å²) in [6, 6.07) is 0. The van der Waals surface area contributed by atoms with E-state index in [1.54, 1.807) is 0 Å². The third-order valence-electron chi connectivity index (χ3n) is 0. The number of hydrogen-bond acceptors (Lipinski definition) is 2. The van der Waals surface area contributed by atoms with Gasteiger partial charge in [0.2, 0.25) is 0 Å². The van der Waals surface area contributed by atoms with E-state index in [1.165, 1.54) is 7.05 Å². The number of rotatable bonds is 0. The molecule has 6 heavy (non-hydrogen) atoms. The Morgan fingerprint density at radius 3 is 1.17 bits per heavy atom. The van der Waals surface area contributed by atoms with Gasteiger partial charge < -0.3 is 0 Å². The van der Waals surface area contributed by atoms with Crippen molar-refractivity contribution in [3.8, 4) is 0 Å². The van der Waals surface area contributed by atoms with Crippen molar-refractivity contribution in [1.82, 2.24) is 0 Å². The topological polar surface area (TPSA) is 29.4 Å². The minimum absolute atomic E-state index is 0. The highest BCUT2D eigenvalue weighted by atomic mass is 19.0. The first-order valence-corrected chi connectivity index (χ1v) is 0.630. The van der Waals surface area contributed by atoms with Crippen molar-refractivity contribution in [2.75, 3.05) is 7.05 Å². The molecule has 2 nitrogen and oxygen atoms in total. The van der Waals surface area contributed by atoms with Crippen LogP contribution in [-0.4, -0.2) is 7.05 Å². The fourth-order valence-corrected chi connectivity index (χ4v) is 0. The molecule has 0 aliphatic carbocycles. The third-order valence-corrected chi connectivity index (χ3v) is 0. The molecule has 0 bridgehead atoms. The number of nitroso groups, excluding NO2 is 1. The molecule has 0 fully saturated rings. The highest BCUT2D eigenvalue weighted by Crippen LogP contribution is 1.27. The third kappa shape index (κ3) is 52.0.